The van der Waals surface area contributed by atoms with Crippen LogP contribution in [0.1, 0.15) is 11.1 Å². The Morgan fingerprint density at radius 1 is 0.840 bits per heavy atom. The molecule has 2 aromatic carbocycles. The van der Waals surface area contributed by atoms with Crippen molar-refractivity contribution in [1.82, 2.24) is 0 Å². The van der Waals surface area contributed by atoms with Gasteiger partial charge in [-0.1, -0.05) is 60.7 Å². The van der Waals surface area contributed by atoms with Crippen molar-refractivity contribution in [2.75, 3.05) is 13.7 Å². The van der Waals surface area contributed by atoms with E-state index in [1.165, 1.54) is 0 Å². The van der Waals surface area contributed by atoms with Gasteiger partial charge in [0.05, 0.1) is 19.8 Å². The topological polar surface area (TPSA) is 57.2 Å². The molecule has 1 unspecified atom stereocenters. The molecule has 0 bridgehead atoms. The first-order chi connectivity index (χ1) is 12.3. The summed E-state index contributed by atoms with van der Waals surface area (Å²) < 4.78 is 22.7. The minimum Gasteiger partial charge on any atom is -0.382 e. The van der Waals surface area contributed by atoms with E-state index in [0.29, 0.717) is 19.8 Å². The predicted molar refractivity (Wildman–Crippen MR) is 92.8 cm³/mol. The van der Waals surface area contributed by atoms with Crippen molar-refractivity contribution in [3.8, 4) is 0 Å². The minimum atomic E-state index is -1.04. The van der Waals surface area contributed by atoms with E-state index in [-0.39, 0.29) is 6.10 Å². The van der Waals surface area contributed by atoms with Crippen molar-refractivity contribution in [2.45, 2.75) is 37.8 Å². The maximum Gasteiger partial charge on any atom is 0.184 e. The fraction of sp³-hybridized carbons (Fsp3) is 0.400. The maximum absolute atomic E-state index is 10.2. The van der Waals surface area contributed by atoms with Crippen molar-refractivity contribution in [2.24, 2.45) is 0 Å². The molecule has 134 valence electrons. The third kappa shape index (κ3) is 4.87. The van der Waals surface area contributed by atoms with Gasteiger partial charge in [0.25, 0.3) is 0 Å². The van der Waals surface area contributed by atoms with Crippen molar-refractivity contribution in [3.05, 3.63) is 71.8 Å². The van der Waals surface area contributed by atoms with E-state index in [1.807, 2.05) is 60.7 Å². The molecule has 0 aliphatic carbocycles. The van der Waals surface area contributed by atoms with Crippen LogP contribution in [0.3, 0.4) is 0 Å². The van der Waals surface area contributed by atoms with E-state index >= 15 is 0 Å². The lowest BCUT2D eigenvalue weighted by atomic mass is 10.1. The van der Waals surface area contributed by atoms with Gasteiger partial charge in [-0.05, 0) is 11.1 Å². The minimum absolute atomic E-state index is 0.335. The van der Waals surface area contributed by atoms with Gasteiger partial charge in [0, 0.05) is 7.11 Å². The third-order valence-electron chi connectivity index (χ3n) is 4.19. The summed E-state index contributed by atoms with van der Waals surface area (Å²) in [6.45, 7) is 1.14. The molecule has 0 radical (unpaired) electrons. The Hall–Kier alpha value is -1.76. The van der Waals surface area contributed by atoms with Crippen LogP contribution >= 0.6 is 0 Å². The lowest BCUT2D eigenvalue weighted by Gasteiger charge is -2.23. The molecule has 25 heavy (non-hydrogen) atoms. The first-order valence-electron chi connectivity index (χ1n) is 8.41. The van der Waals surface area contributed by atoms with Gasteiger partial charge in [0.15, 0.2) is 6.29 Å². The zero-order chi connectivity index (χ0) is 17.5. The van der Waals surface area contributed by atoms with E-state index in [2.05, 4.69) is 0 Å². The van der Waals surface area contributed by atoms with Gasteiger partial charge in [0.2, 0.25) is 0 Å². The van der Waals surface area contributed by atoms with E-state index < -0.39 is 18.5 Å². The van der Waals surface area contributed by atoms with E-state index in [1.54, 1.807) is 7.11 Å². The fourth-order valence-electron chi connectivity index (χ4n) is 2.92. The standard InChI is InChI=1S/C20H24O5/c1-22-14-17-18(23-12-15-8-4-2-5-9-15)19(20(21)25-17)24-13-16-10-6-3-7-11-16/h2-11,17-21H,12-14H2,1H3/t17-,18-,19-,20?/m1/s1. The summed E-state index contributed by atoms with van der Waals surface area (Å²) in [5, 5.41) is 10.2. The Bertz CT molecular complexity index is 618. The van der Waals surface area contributed by atoms with Crippen LogP contribution in [-0.4, -0.2) is 43.4 Å². The normalized spacial score (nSPS) is 26.0. The second kappa shape index (κ2) is 9.08. The average Bonchev–Trinajstić information content (AvgIpc) is 2.95. The molecule has 3 rings (SSSR count). The highest BCUT2D eigenvalue weighted by Crippen LogP contribution is 2.27. The summed E-state index contributed by atoms with van der Waals surface area (Å²) in [4.78, 5) is 0. The quantitative estimate of drug-likeness (QED) is 0.797. The Morgan fingerprint density at radius 3 is 1.88 bits per heavy atom. The zero-order valence-electron chi connectivity index (χ0n) is 14.3. The summed E-state index contributed by atoms with van der Waals surface area (Å²) in [6, 6.07) is 19.7. The SMILES string of the molecule is COC[C@H]1OC(O)[C@H](OCc2ccccc2)[C@@H]1OCc1ccccc1. The van der Waals surface area contributed by atoms with Crippen LogP contribution in [0, 0.1) is 0 Å². The molecule has 4 atom stereocenters. The van der Waals surface area contributed by atoms with Crippen LogP contribution in [0.25, 0.3) is 0 Å². The van der Waals surface area contributed by atoms with Gasteiger partial charge in [0.1, 0.15) is 18.3 Å². The number of ether oxygens (including phenoxy) is 4. The van der Waals surface area contributed by atoms with Gasteiger partial charge in [-0.3, -0.25) is 0 Å². The molecule has 1 aliphatic rings. The van der Waals surface area contributed by atoms with Crippen LogP contribution < -0.4 is 0 Å². The summed E-state index contributed by atoms with van der Waals surface area (Å²) >= 11 is 0. The van der Waals surface area contributed by atoms with Gasteiger partial charge < -0.3 is 24.1 Å². The highest BCUT2D eigenvalue weighted by Gasteiger charge is 2.45. The number of aliphatic hydroxyl groups is 1. The molecule has 0 spiro atoms. The molecular formula is C20H24O5. The molecule has 0 saturated carbocycles. The van der Waals surface area contributed by atoms with Crippen molar-refractivity contribution >= 4 is 0 Å². The third-order valence-corrected chi connectivity index (χ3v) is 4.19. The summed E-state index contributed by atoms with van der Waals surface area (Å²) in [5.74, 6) is 0. The first-order valence-corrected chi connectivity index (χ1v) is 8.41. The van der Waals surface area contributed by atoms with Crippen LogP contribution in [0.5, 0.6) is 0 Å². The van der Waals surface area contributed by atoms with Gasteiger partial charge in [-0.2, -0.15) is 0 Å². The number of methoxy groups -OCH3 is 1. The molecule has 5 nitrogen and oxygen atoms in total. The van der Waals surface area contributed by atoms with Crippen LogP contribution in [-0.2, 0) is 32.2 Å². The lowest BCUT2D eigenvalue weighted by molar-refractivity contribution is -0.152. The first kappa shape index (κ1) is 18.0. The fourth-order valence-corrected chi connectivity index (χ4v) is 2.92. The molecule has 2 aromatic rings. The van der Waals surface area contributed by atoms with Crippen molar-refractivity contribution in [3.63, 3.8) is 0 Å². The Balaban J connectivity index is 1.64. The number of aliphatic hydroxyl groups excluding tert-OH is 1. The van der Waals surface area contributed by atoms with E-state index in [9.17, 15) is 5.11 Å². The smallest absolute Gasteiger partial charge is 0.184 e. The van der Waals surface area contributed by atoms with Crippen molar-refractivity contribution in [1.29, 1.82) is 0 Å². The highest BCUT2D eigenvalue weighted by molar-refractivity contribution is 5.14. The van der Waals surface area contributed by atoms with Crippen LogP contribution in [0.4, 0.5) is 0 Å². The van der Waals surface area contributed by atoms with E-state index in [0.717, 1.165) is 11.1 Å². The number of benzene rings is 2. The monoisotopic (exact) mass is 344 g/mol. The molecule has 1 saturated heterocycles. The Morgan fingerprint density at radius 2 is 1.36 bits per heavy atom. The Labute approximate surface area is 148 Å². The van der Waals surface area contributed by atoms with Gasteiger partial charge >= 0.3 is 0 Å². The zero-order valence-corrected chi connectivity index (χ0v) is 14.3. The molecule has 1 N–H and O–H groups in total. The predicted octanol–water partition coefficient (Wildman–Crippen LogP) is 2.52. The summed E-state index contributed by atoms with van der Waals surface area (Å²) in [6.07, 6.45) is -2.38. The molecule has 5 heteroatoms. The van der Waals surface area contributed by atoms with Crippen LogP contribution in [0.2, 0.25) is 0 Å². The highest BCUT2D eigenvalue weighted by atomic mass is 16.7. The van der Waals surface area contributed by atoms with Gasteiger partial charge in [-0.15, -0.1) is 0 Å². The number of hydrogen-bond donors (Lipinski definition) is 1. The largest absolute Gasteiger partial charge is 0.382 e. The molecule has 1 aliphatic heterocycles. The second-order valence-corrected chi connectivity index (χ2v) is 6.04. The average molecular weight is 344 g/mol. The second-order valence-electron chi connectivity index (χ2n) is 6.04. The molecule has 1 fully saturated rings. The summed E-state index contributed by atoms with van der Waals surface area (Å²) in [7, 11) is 1.60. The number of rotatable bonds is 8. The molecule has 0 amide bonds. The summed E-state index contributed by atoms with van der Waals surface area (Å²) in [5.41, 5.74) is 2.09. The van der Waals surface area contributed by atoms with Crippen molar-refractivity contribution < 1.29 is 24.1 Å². The lowest BCUT2D eigenvalue weighted by Crippen LogP contribution is -2.38. The maximum atomic E-state index is 10.2. The molecule has 1 heterocycles. The van der Waals surface area contributed by atoms with Gasteiger partial charge in [-0.25, -0.2) is 0 Å². The molecular weight excluding hydrogens is 320 g/mol. The molecule has 0 aromatic heterocycles. The van der Waals surface area contributed by atoms with Crippen LogP contribution in [0.15, 0.2) is 60.7 Å². The Kier molecular flexibility index (Phi) is 6.55. The number of hydrogen-bond acceptors (Lipinski definition) is 5. The van der Waals surface area contributed by atoms with E-state index in [4.69, 9.17) is 18.9 Å².